The second kappa shape index (κ2) is 9.06. The molecule has 0 aliphatic heterocycles. The van der Waals surface area contributed by atoms with Crippen LogP contribution in [0.25, 0.3) is 0 Å². The molecule has 0 saturated heterocycles. The van der Waals surface area contributed by atoms with Crippen molar-refractivity contribution in [2.45, 2.75) is 53.3 Å². The predicted octanol–water partition coefficient (Wildman–Crippen LogP) is 5.37. The van der Waals surface area contributed by atoms with E-state index in [9.17, 15) is 4.79 Å². The Hall–Kier alpha value is -2.60. The van der Waals surface area contributed by atoms with Gasteiger partial charge >= 0.3 is 0 Å². The number of nitrogens with zero attached hydrogens (tertiary/aromatic N) is 2. The minimum Gasteiger partial charge on any atom is -0.486 e. The van der Waals surface area contributed by atoms with Crippen molar-refractivity contribution >= 4 is 17.2 Å². The fourth-order valence-electron chi connectivity index (χ4n) is 2.87. The van der Waals surface area contributed by atoms with Gasteiger partial charge in [0.25, 0.3) is 5.91 Å². The zero-order valence-electron chi connectivity index (χ0n) is 16.8. The quantitative estimate of drug-likeness (QED) is 0.512. The van der Waals surface area contributed by atoms with E-state index in [0.29, 0.717) is 18.9 Å². The van der Waals surface area contributed by atoms with Crippen LogP contribution < -0.4 is 4.74 Å². The van der Waals surface area contributed by atoms with Gasteiger partial charge < -0.3 is 14.1 Å². The van der Waals surface area contributed by atoms with Crippen molar-refractivity contribution in [2.24, 2.45) is 0 Å². The van der Waals surface area contributed by atoms with Crippen LogP contribution in [0.5, 0.6) is 5.75 Å². The molecule has 5 nitrogen and oxygen atoms in total. The molecule has 0 bridgehead atoms. The molecule has 1 unspecified atom stereocenters. The molecule has 1 amide bonds. The van der Waals surface area contributed by atoms with Gasteiger partial charge in [0.15, 0.2) is 5.76 Å². The van der Waals surface area contributed by atoms with Crippen LogP contribution in [-0.2, 0) is 13.2 Å². The van der Waals surface area contributed by atoms with E-state index in [1.807, 2.05) is 29.3 Å². The normalized spacial score (nSPS) is 12.0. The van der Waals surface area contributed by atoms with Crippen LogP contribution in [0, 0.1) is 13.8 Å². The third kappa shape index (κ3) is 4.62. The molecule has 0 aliphatic carbocycles. The summed E-state index contributed by atoms with van der Waals surface area (Å²) in [6, 6.07) is 9.56. The fraction of sp³-hybridized carbons (Fsp3) is 0.364. The summed E-state index contributed by atoms with van der Waals surface area (Å²) in [5.41, 5.74) is 3.22. The molecule has 2 aromatic heterocycles. The Balaban J connectivity index is 1.67. The van der Waals surface area contributed by atoms with Gasteiger partial charge in [-0.25, -0.2) is 4.98 Å². The van der Waals surface area contributed by atoms with Gasteiger partial charge in [-0.2, -0.15) is 0 Å². The lowest BCUT2D eigenvalue weighted by Crippen LogP contribution is -2.37. The first-order valence-electron chi connectivity index (χ1n) is 9.46. The molecule has 148 valence electrons. The predicted molar refractivity (Wildman–Crippen MR) is 111 cm³/mol. The molecule has 0 N–H and O–H groups in total. The Morgan fingerprint density at radius 1 is 1.29 bits per heavy atom. The maximum absolute atomic E-state index is 12.8. The summed E-state index contributed by atoms with van der Waals surface area (Å²) < 4.78 is 11.2. The van der Waals surface area contributed by atoms with E-state index in [-0.39, 0.29) is 11.9 Å². The number of furan rings is 1. The Morgan fingerprint density at radius 3 is 2.82 bits per heavy atom. The number of benzene rings is 1. The van der Waals surface area contributed by atoms with Gasteiger partial charge in [-0.05, 0) is 56.5 Å². The van der Waals surface area contributed by atoms with Gasteiger partial charge in [0.05, 0.1) is 18.5 Å². The topological polar surface area (TPSA) is 55.6 Å². The van der Waals surface area contributed by atoms with Crippen LogP contribution in [0.4, 0.5) is 0 Å². The third-order valence-corrected chi connectivity index (χ3v) is 5.82. The van der Waals surface area contributed by atoms with Crippen molar-refractivity contribution in [3.63, 3.8) is 0 Å². The zero-order chi connectivity index (χ0) is 20.1. The first kappa shape index (κ1) is 20.1. The molecule has 0 fully saturated rings. The minimum atomic E-state index is -0.111. The van der Waals surface area contributed by atoms with Crippen molar-refractivity contribution in [2.75, 3.05) is 0 Å². The average Bonchev–Trinajstić information content (AvgIpc) is 3.38. The van der Waals surface area contributed by atoms with Crippen LogP contribution in [0.1, 0.15) is 52.7 Å². The summed E-state index contributed by atoms with van der Waals surface area (Å²) in [5, 5.41) is 2.89. The number of carbonyl (C=O) groups is 1. The van der Waals surface area contributed by atoms with Crippen molar-refractivity contribution in [3.8, 4) is 5.75 Å². The van der Waals surface area contributed by atoms with E-state index < -0.39 is 0 Å². The molecule has 0 spiro atoms. The first-order valence-corrected chi connectivity index (χ1v) is 10.3. The van der Waals surface area contributed by atoms with Gasteiger partial charge in [0, 0.05) is 11.4 Å². The Kier molecular flexibility index (Phi) is 6.52. The van der Waals surface area contributed by atoms with Crippen LogP contribution in [0.15, 0.2) is 46.4 Å². The average molecular weight is 399 g/mol. The summed E-state index contributed by atoms with van der Waals surface area (Å²) in [7, 11) is 0. The van der Waals surface area contributed by atoms with E-state index in [2.05, 4.69) is 31.8 Å². The minimum absolute atomic E-state index is 0.0916. The largest absolute Gasteiger partial charge is 0.486 e. The van der Waals surface area contributed by atoms with E-state index in [1.165, 1.54) is 11.8 Å². The van der Waals surface area contributed by atoms with E-state index in [0.717, 1.165) is 28.4 Å². The Bertz CT molecular complexity index is 918. The smallest absolute Gasteiger partial charge is 0.290 e. The second-order valence-electron chi connectivity index (χ2n) is 6.89. The van der Waals surface area contributed by atoms with Gasteiger partial charge in [0.2, 0.25) is 0 Å². The summed E-state index contributed by atoms with van der Waals surface area (Å²) in [5.74, 6) is 1.13. The summed E-state index contributed by atoms with van der Waals surface area (Å²) >= 11 is 1.55. The molecule has 1 aromatic carbocycles. The van der Waals surface area contributed by atoms with Gasteiger partial charge in [-0.3, -0.25) is 4.79 Å². The van der Waals surface area contributed by atoms with E-state index in [1.54, 1.807) is 23.5 Å². The lowest BCUT2D eigenvalue weighted by Gasteiger charge is -2.27. The van der Waals surface area contributed by atoms with Gasteiger partial charge in [0.1, 0.15) is 17.4 Å². The summed E-state index contributed by atoms with van der Waals surface area (Å²) in [6.45, 7) is 9.11. The lowest BCUT2D eigenvalue weighted by molar-refractivity contribution is 0.0636. The number of amides is 1. The second-order valence-corrected chi connectivity index (χ2v) is 7.83. The molecule has 0 saturated carbocycles. The van der Waals surface area contributed by atoms with Crippen molar-refractivity contribution < 1.29 is 13.9 Å². The van der Waals surface area contributed by atoms with Crippen LogP contribution in [0.3, 0.4) is 0 Å². The number of hydrogen-bond acceptors (Lipinski definition) is 5. The highest BCUT2D eigenvalue weighted by molar-refractivity contribution is 7.09. The number of rotatable bonds is 8. The number of carbonyl (C=O) groups excluding carboxylic acids is 1. The Morgan fingerprint density at radius 2 is 2.11 bits per heavy atom. The highest BCUT2D eigenvalue weighted by Crippen LogP contribution is 2.23. The molecule has 0 aliphatic rings. The number of ether oxygens (including phenoxy) is 1. The first-order chi connectivity index (χ1) is 13.5. The number of hydrogen-bond donors (Lipinski definition) is 0. The van der Waals surface area contributed by atoms with Crippen LogP contribution in [-0.4, -0.2) is 21.8 Å². The maximum atomic E-state index is 12.8. The standard InChI is InChI=1S/C22H26N2O3S/c1-5-16(3)24(22(25)20-10-7-11-26-20)12-18-14-28-21(23-18)13-27-19-9-6-8-15(2)17(19)4/h6-11,14,16H,5,12-13H2,1-4H3. The van der Waals surface area contributed by atoms with E-state index in [4.69, 9.17) is 9.15 Å². The van der Waals surface area contributed by atoms with Crippen LogP contribution in [0.2, 0.25) is 0 Å². The summed E-state index contributed by atoms with van der Waals surface area (Å²) in [6.07, 6.45) is 2.38. The molecule has 6 heteroatoms. The fourth-order valence-corrected chi connectivity index (χ4v) is 3.57. The molecular formula is C22H26N2O3S. The van der Waals surface area contributed by atoms with Gasteiger partial charge in [-0.15, -0.1) is 11.3 Å². The molecule has 3 rings (SSSR count). The number of aryl methyl sites for hydroxylation is 1. The molecular weight excluding hydrogens is 372 g/mol. The SMILES string of the molecule is CCC(C)N(Cc1csc(COc2cccc(C)c2C)n1)C(=O)c1ccco1. The van der Waals surface area contributed by atoms with Crippen molar-refractivity contribution in [1.82, 2.24) is 9.88 Å². The maximum Gasteiger partial charge on any atom is 0.290 e. The van der Waals surface area contributed by atoms with Gasteiger partial charge in [-0.1, -0.05) is 19.1 Å². The lowest BCUT2D eigenvalue weighted by atomic mass is 10.1. The highest BCUT2D eigenvalue weighted by Gasteiger charge is 2.23. The molecule has 1 atom stereocenters. The number of thiazole rings is 1. The molecule has 0 radical (unpaired) electrons. The molecule has 2 heterocycles. The third-order valence-electron chi connectivity index (χ3n) is 4.95. The Labute approximate surface area is 170 Å². The highest BCUT2D eigenvalue weighted by atomic mass is 32.1. The molecule has 28 heavy (non-hydrogen) atoms. The van der Waals surface area contributed by atoms with Crippen LogP contribution >= 0.6 is 11.3 Å². The summed E-state index contributed by atoms with van der Waals surface area (Å²) in [4.78, 5) is 19.3. The zero-order valence-corrected chi connectivity index (χ0v) is 17.6. The monoisotopic (exact) mass is 398 g/mol. The molecule has 3 aromatic rings. The number of aromatic nitrogens is 1. The van der Waals surface area contributed by atoms with E-state index >= 15 is 0 Å². The van der Waals surface area contributed by atoms with Crippen molar-refractivity contribution in [1.29, 1.82) is 0 Å². The van der Waals surface area contributed by atoms with Crippen molar-refractivity contribution in [3.05, 3.63) is 69.6 Å².